The standard InChI is InChI=1S/C47H36N2O8/c50-44(21-16-30-26-48-39-11-5-3-9-34(30)39)54-32-18-19-36-37-24-42(55-46(52)22-17-31-27-49-40-12-6-4-10-35(31)40)43(25-38(37)47(53)57-41(36)23-32)56-45(51)20-15-29-14-13-28-7-1-2-8-33(28)29/h1-12,14,18-19,23-27,48-49H,13,15-17,20-22H2. The van der Waals surface area contributed by atoms with Crippen molar-refractivity contribution < 1.29 is 33.0 Å². The van der Waals surface area contributed by atoms with E-state index in [1.807, 2.05) is 79.1 Å². The lowest BCUT2D eigenvalue weighted by atomic mass is 10.0. The number of fused-ring (bicyclic) bond motifs is 6. The number of aromatic nitrogens is 2. The predicted molar refractivity (Wildman–Crippen MR) is 217 cm³/mol. The molecule has 0 atom stereocenters. The summed E-state index contributed by atoms with van der Waals surface area (Å²) < 4.78 is 23.1. The van der Waals surface area contributed by atoms with Gasteiger partial charge in [0.25, 0.3) is 0 Å². The van der Waals surface area contributed by atoms with Gasteiger partial charge < -0.3 is 28.6 Å². The van der Waals surface area contributed by atoms with Crippen molar-refractivity contribution in [1.29, 1.82) is 0 Å². The van der Waals surface area contributed by atoms with Crippen LogP contribution in [0.25, 0.3) is 49.1 Å². The van der Waals surface area contributed by atoms with Crippen LogP contribution in [0.15, 0.2) is 131 Å². The number of nitrogens with one attached hydrogen (secondary N) is 2. The summed E-state index contributed by atoms with van der Waals surface area (Å²) in [6, 6.07) is 31.5. The number of rotatable bonds is 12. The first-order valence-electron chi connectivity index (χ1n) is 18.9. The van der Waals surface area contributed by atoms with Crippen molar-refractivity contribution in [2.24, 2.45) is 0 Å². The van der Waals surface area contributed by atoms with Crippen molar-refractivity contribution in [2.75, 3.05) is 0 Å². The highest BCUT2D eigenvalue weighted by atomic mass is 16.6. The molecular formula is C47H36N2O8. The van der Waals surface area contributed by atoms with E-state index in [-0.39, 0.29) is 47.5 Å². The summed E-state index contributed by atoms with van der Waals surface area (Å²) in [5, 5.41) is 3.10. The molecule has 0 amide bonds. The molecule has 10 nitrogen and oxygen atoms in total. The summed E-state index contributed by atoms with van der Waals surface area (Å²) >= 11 is 0. The van der Waals surface area contributed by atoms with Crippen LogP contribution < -0.4 is 19.8 Å². The van der Waals surface area contributed by atoms with Crippen LogP contribution in [0.5, 0.6) is 17.2 Å². The molecule has 3 heterocycles. The summed E-state index contributed by atoms with van der Waals surface area (Å²) in [5.74, 6) is -1.39. The Morgan fingerprint density at radius 1 is 0.579 bits per heavy atom. The minimum atomic E-state index is -0.706. The Morgan fingerprint density at radius 3 is 1.84 bits per heavy atom. The van der Waals surface area contributed by atoms with E-state index in [1.54, 1.807) is 12.1 Å². The monoisotopic (exact) mass is 756 g/mol. The number of esters is 3. The van der Waals surface area contributed by atoms with Crippen molar-refractivity contribution in [1.82, 2.24) is 9.97 Å². The highest BCUT2D eigenvalue weighted by molar-refractivity contribution is 6.06. The SMILES string of the molecule is O=C(CCc1c[nH]c2ccccc12)Oc1ccc2c(c1)oc(=O)c1cc(OC(=O)CCC3=CCc4ccccc43)c(OC(=O)CCc3c[nH]c4ccccc34)cc12. The number of aryl methyl sites for hydroxylation is 2. The van der Waals surface area contributed by atoms with E-state index >= 15 is 0 Å². The molecule has 0 bridgehead atoms. The molecule has 1 aliphatic carbocycles. The zero-order valence-electron chi connectivity index (χ0n) is 30.8. The van der Waals surface area contributed by atoms with E-state index in [0.29, 0.717) is 30.0 Å². The molecule has 0 unspecified atom stereocenters. The summed E-state index contributed by atoms with van der Waals surface area (Å²) in [6.45, 7) is 0. The van der Waals surface area contributed by atoms with Gasteiger partial charge in [0.2, 0.25) is 0 Å². The average Bonchev–Trinajstić information content (AvgIpc) is 3.96. The number of aromatic amines is 2. The maximum Gasteiger partial charge on any atom is 0.344 e. The van der Waals surface area contributed by atoms with E-state index in [9.17, 15) is 19.2 Å². The van der Waals surface area contributed by atoms with Gasteiger partial charge >= 0.3 is 23.5 Å². The molecule has 10 heteroatoms. The molecule has 0 aliphatic heterocycles. The summed E-state index contributed by atoms with van der Waals surface area (Å²) in [4.78, 5) is 59.5. The van der Waals surface area contributed by atoms with Gasteiger partial charge in [0.1, 0.15) is 11.3 Å². The minimum absolute atomic E-state index is 0.00936. The van der Waals surface area contributed by atoms with Gasteiger partial charge in [0.15, 0.2) is 11.5 Å². The number of para-hydroxylation sites is 2. The average molecular weight is 757 g/mol. The Balaban J connectivity index is 0.965. The normalized spacial score (nSPS) is 12.2. The number of ether oxygens (including phenoxy) is 3. The van der Waals surface area contributed by atoms with E-state index < -0.39 is 23.5 Å². The van der Waals surface area contributed by atoms with E-state index in [1.165, 1.54) is 23.8 Å². The molecule has 0 fully saturated rings. The van der Waals surface area contributed by atoms with Crippen LogP contribution >= 0.6 is 0 Å². The van der Waals surface area contributed by atoms with Crippen LogP contribution in [0.4, 0.5) is 0 Å². The Bertz CT molecular complexity index is 2970. The lowest BCUT2D eigenvalue weighted by molar-refractivity contribution is -0.137. The maximum absolute atomic E-state index is 13.5. The predicted octanol–water partition coefficient (Wildman–Crippen LogP) is 9.31. The quantitative estimate of drug-likeness (QED) is 0.0544. The van der Waals surface area contributed by atoms with Crippen molar-refractivity contribution in [2.45, 2.75) is 44.9 Å². The van der Waals surface area contributed by atoms with Gasteiger partial charge in [-0.3, -0.25) is 14.4 Å². The van der Waals surface area contributed by atoms with Crippen molar-refractivity contribution in [3.05, 3.63) is 154 Å². The van der Waals surface area contributed by atoms with Crippen LogP contribution in [0.2, 0.25) is 0 Å². The van der Waals surface area contributed by atoms with Crippen LogP contribution in [0.3, 0.4) is 0 Å². The third-order valence-corrected chi connectivity index (χ3v) is 10.5. The van der Waals surface area contributed by atoms with E-state index in [0.717, 1.165) is 50.5 Å². The minimum Gasteiger partial charge on any atom is -0.426 e. The second kappa shape index (κ2) is 15.1. The zero-order chi connectivity index (χ0) is 38.9. The van der Waals surface area contributed by atoms with E-state index in [2.05, 4.69) is 22.1 Å². The van der Waals surface area contributed by atoms with Crippen LogP contribution in [0, 0.1) is 0 Å². The van der Waals surface area contributed by atoms with Gasteiger partial charge in [-0.1, -0.05) is 66.7 Å². The summed E-state index contributed by atoms with van der Waals surface area (Å²) in [7, 11) is 0. The Hall–Kier alpha value is -7.20. The van der Waals surface area contributed by atoms with Crippen LogP contribution in [-0.4, -0.2) is 27.9 Å². The zero-order valence-corrected chi connectivity index (χ0v) is 30.8. The fourth-order valence-electron chi connectivity index (χ4n) is 7.65. The number of allylic oxidation sites excluding steroid dienone is 2. The highest BCUT2D eigenvalue weighted by Crippen LogP contribution is 2.37. The molecule has 1 aliphatic rings. The summed E-state index contributed by atoms with van der Waals surface area (Å²) in [5.41, 5.74) is 6.80. The van der Waals surface area contributed by atoms with Gasteiger partial charge in [-0.05, 0) is 89.9 Å². The Kier molecular flexibility index (Phi) is 9.43. The molecule has 282 valence electrons. The first-order chi connectivity index (χ1) is 27.9. The fourth-order valence-corrected chi connectivity index (χ4v) is 7.65. The Labute approximate surface area is 325 Å². The largest absolute Gasteiger partial charge is 0.426 e. The molecule has 0 saturated carbocycles. The second-order valence-electron chi connectivity index (χ2n) is 14.1. The van der Waals surface area contributed by atoms with Gasteiger partial charge in [-0.2, -0.15) is 0 Å². The smallest absolute Gasteiger partial charge is 0.344 e. The van der Waals surface area contributed by atoms with Gasteiger partial charge in [-0.25, -0.2) is 4.79 Å². The number of benzene rings is 5. The third kappa shape index (κ3) is 7.32. The fraction of sp³-hybridized carbons (Fsp3) is 0.149. The Morgan fingerprint density at radius 2 is 1.16 bits per heavy atom. The summed E-state index contributed by atoms with van der Waals surface area (Å²) in [6.07, 6.45) is 8.31. The maximum atomic E-state index is 13.5. The first-order valence-corrected chi connectivity index (χ1v) is 18.9. The molecule has 9 rings (SSSR count). The van der Waals surface area contributed by atoms with Gasteiger partial charge in [0, 0.05) is 57.5 Å². The number of H-pyrrole nitrogens is 2. The lowest BCUT2D eigenvalue weighted by Gasteiger charge is -2.13. The molecule has 8 aromatic rings. The molecular weight excluding hydrogens is 721 g/mol. The third-order valence-electron chi connectivity index (χ3n) is 10.5. The molecule has 57 heavy (non-hydrogen) atoms. The van der Waals surface area contributed by atoms with Crippen LogP contribution in [-0.2, 0) is 33.6 Å². The van der Waals surface area contributed by atoms with E-state index in [4.69, 9.17) is 18.6 Å². The topological polar surface area (TPSA) is 141 Å². The number of hydrogen-bond donors (Lipinski definition) is 2. The molecule has 3 aromatic heterocycles. The number of carbonyl (C=O) groups excluding carboxylic acids is 3. The molecule has 0 saturated heterocycles. The first kappa shape index (κ1) is 35.5. The number of hydrogen-bond acceptors (Lipinski definition) is 8. The second-order valence-corrected chi connectivity index (χ2v) is 14.1. The molecule has 0 spiro atoms. The molecule has 5 aromatic carbocycles. The van der Waals surface area contributed by atoms with Gasteiger partial charge in [-0.15, -0.1) is 0 Å². The van der Waals surface area contributed by atoms with Crippen molar-refractivity contribution in [3.8, 4) is 17.2 Å². The molecule has 2 N–H and O–H groups in total. The highest BCUT2D eigenvalue weighted by Gasteiger charge is 2.21. The van der Waals surface area contributed by atoms with Crippen molar-refractivity contribution >= 4 is 67.0 Å². The molecule has 0 radical (unpaired) electrons. The van der Waals surface area contributed by atoms with Gasteiger partial charge in [0.05, 0.1) is 18.2 Å². The van der Waals surface area contributed by atoms with Crippen LogP contribution in [0.1, 0.15) is 47.9 Å². The number of carbonyl (C=O) groups is 3. The van der Waals surface area contributed by atoms with Crippen molar-refractivity contribution in [3.63, 3.8) is 0 Å². The lowest BCUT2D eigenvalue weighted by Crippen LogP contribution is -2.13.